The third-order valence-corrected chi connectivity index (χ3v) is 2.21. The molecule has 5 heteroatoms. The van der Waals surface area contributed by atoms with E-state index in [0.717, 1.165) is 25.1 Å². The first-order chi connectivity index (χ1) is 7.16. The van der Waals surface area contributed by atoms with Crippen LogP contribution in [-0.4, -0.2) is 22.7 Å². The Bertz CT molecular complexity index is 390. The van der Waals surface area contributed by atoms with Crippen molar-refractivity contribution in [2.24, 2.45) is 5.92 Å². The van der Waals surface area contributed by atoms with E-state index in [0.29, 0.717) is 12.5 Å². The van der Waals surface area contributed by atoms with Crippen molar-refractivity contribution in [3.8, 4) is 5.88 Å². The van der Waals surface area contributed by atoms with Gasteiger partial charge >= 0.3 is 5.97 Å². The molecule has 1 aromatic heterocycles. The molecular formula is C10H10FNO3. The number of nitrogens with zero attached hydrogens (tertiary/aromatic N) is 1. The highest BCUT2D eigenvalue weighted by molar-refractivity contribution is 5.87. The summed E-state index contributed by atoms with van der Waals surface area (Å²) in [6.45, 7) is 0.455. The third kappa shape index (κ3) is 2.43. The van der Waals surface area contributed by atoms with Crippen molar-refractivity contribution >= 4 is 5.97 Å². The topological polar surface area (TPSA) is 59.4 Å². The van der Waals surface area contributed by atoms with E-state index >= 15 is 0 Å². The van der Waals surface area contributed by atoms with Gasteiger partial charge in [-0.25, -0.2) is 14.2 Å². The summed E-state index contributed by atoms with van der Waals surface area (Å²) in [7, 11) is 0. The third-order valence-electron chi connectivity index (χ3n) is 2.21. The first-order valence-corrected chi connectivity index (χ1v) is 4.68. The van der Waals surface area contributed by atoms with Gasteiger partial charge in [-0.15, -0.1) is 0 Å². The number of carbonyl (C=O) groups is 1. The van der Waals surface area contributed by atoms with Crippen molar-refractivity contribution in [2.75, 3.05) is 6.61 Å². The Hall–Kier alpha value is -1.65. The molecule has 4 nitrogen and oxygen atoms in total. The van der Waals surface area contributed by atoms with Crippen LogP contribution in [0.15, 0.2) is 12.3 Å². The summed E-state index contributed by atoms with van der Waals surface area (Å²) in [4.78, 5) is 14.1. The highest BCUT2D eigenvalue weighted by Gasteiger charge is 2.23. The van der Waals surface area contributed by atoms with Gasteiger partial charge < -0.3 is 9.84 Å². The lowest BCUT2D eigenvalue weighted by Gasteiger charge is -2.05. The van der Waals surface area contributed by atoms with E-state index in [4.69, 9.17) is 9.84 Å². The molecule has 1 fully saturated rings. The second-order valence-corrected chi connectivity index (χ2v) is 3.57. The molecule has 0 saturated heterocycles. The van der Waals surface area contributed by atoms with E-state index in [2.05, 4.69) is 4.98 Å². The van der Waals surface area contributed by atoms with Crippen molar-refractivity contribution < 1.29 is 19.0 Å². The maximum Gasteiger partial charge on any atom is 0.337 e. The van der Waals surface area contributed by atoms with Gasteiger partial charge in [0.15, 0.2) is 5.82 Å². The largest absolute Gasteiger partial charge is 0.478 e. The zero-order valence-electron chi connectivity index (χ0n) is 7.94. The van der Waals surface area contributed by atoms with Crippen molar-refractivity contribution in [3.05, 3.63) is 23.6 Å². The fourth-order valence-electron chi connectivity index (χ4n) is 1.13. The molecule has 1 aliphatic rings. The number of pyridine rings is 1. The van der Waals surface area contributed by atoms with Crippen molar-refractivity contribution in [2.45, 2.75) is 12.8 Å². The van der Waals surface area contributed by atoms with Gasteiger partial charge in [0.05, 0.1) is 12.2 Å². The van der Waals surface area contributed by atoms with Crippen LogP contribution in [0.2, 0.25) is 0 Å². The van der Waals surface area contributed by atoms with Crippen LogP contribution in [0.25, 0.3) is 0 Å². The van der Waals surface area contributed by atoms with Gasteiger partial charge in [-0.05, 0) is 24.8 Å². The molecule has 0 aliphatic heterocycles. The molecule has 0 amide bonds. The number of halogens is 1. The lowest BCUT2D eigenvalue weighted by Crippen LogP contribution is -2.05. The Balaban J connectivity index is 2.07. The van der Waals surface area contributed by atoms with Crippen molar-refractivity contribution in [3.63, 3.8) is 0 Å². The number of hydrogen-bond acceptors (Lipinski definition) is 3. The number of hydrogen-bond donors (Lipinski definition) is 1. The fraction of sp³-hybridized carbons (Fsp3) is 0.400. The van der Waals surface area contributed by atoms with Crippen LogP contribution in [0.5, 0.6) is 5.88 Å². The van der Waals surface area contributed by atoms with E-state index in [9.17, 15) is 9.18 Å². The number of aromatic nitrogens is 1. The fourth-order valence-corrected chi connectivity index (χ4v) is 1.13. The summed E-state index contributed by atoms with van der Waals surface area (Å²) in [5, 5.41) is 8.58. The molecule has 2 rings (SSSR count). The van der Waals surface area contributed by atoms with E-state index in [1.54, 1.807) is 0 Å². The van der Waals surface area contributed by atoms with E-state index in [1.807, 2.05) is 0 Å². The predicted octanol–water partition coefficient (Wildman–Crippen LogP) is 1.71. The first kappa shape index (κ1) is 9.89. The zero-order valence-corrected chi connectivity index (χ0v) is 7.94. The Morgan fingerprint density at radius 2 is 2.40 bits per heavy atom. The predicted molar refractivity (Wildman–Crippen MR) is 49.4 cm³/mol. The molecular weight excluding hydrogens is 201 g/mol. The standard InChI is InChI=1S/C10H10FNO3/c11-8-3-7(10(13)14)4-12-9(8)15-5-6-1-2-6/h3-4,6H,1-2,5H2,(H,13,14). The van der Waals surface area contributed by atoms with E-state index < -0.39 is 11.8 Å². The molecule has 80 valence electrons. The molecule has 0 radical (unpaired) electrons. The van der Waals surface area contributed by atoms with Crippen molar-refractivity contribution in [1.29, 1.82) is 0 Å². The highest BCUT2D eigenvalue weighted by Crippen LogP contribution is 2.29. The summed E-state index contributed by atoms with van der Waals surface area (Å²) in [6.07, 6.45) is 3.30. The molecule has 0 bridgehead atoms. The van der Waals surface area contributed by atoms with Crippen LogP contribution < -0.4 is 4.74 Å². The number of ether oxygens (including phenoxy) is 1. The molecule has 0 unspecified atom stereocenters. The van der Waals surface area contributed by atoms with Gasteiger partial charge in [0.2, 0.25) is 5.88 Å². The summed E-state index contributed by atoms with van der Waals surface area (Å²) in [5.74, 6) is -1.54. The van der Waals surface area contributed by atoms with Gasteiger partial charge in [-0.2, -0.15) is 0 Å². The summed E-state index contributed by atoms with van der Waals surface area (Å²) in [6, 6.07) is 0.914. The second kappa shape index (κ2) is 3.84. The van der Waals surface area contributed by atoms with E-state index in [1.165, 1.54) is 0 Å². The summed E-state index contributed by atoms with van der Waals surface area (Å²) in [5.41, 5.74) is -0.175. The lowest BCUT2D eigenvalue weighted by molar-refractivity contribution is 0.0695. The Morgan fingerprint density at radius 3 is 2.93 bits per heavy atom. The normalized spacial score (nSPS) is 15.0. The Morgan fingerprint density at radius 1 is 1.67 bits per heavy atom. The minimum atomic E-state index is -1.20. The first-order valence-electron chi connectivity index (χ1n) is 4.68. The summed E-state index contributed by atoms with van der Waals surface area (Å²) < 4.78 is 18.3. The molecule has 1 aromatic rings. The summed E-state index contributed by atoms with van der Waals surface area (Å²) >= 11 is 0. The Kier molecular flexibility index (Phi) is 2.53. The van der Waals surface area contributed by atoms with Gasteiger partial charge in [-0.1, -0.05) is 0 Å². The van der Waals surface area contributed by atoms with Crippen LogP contribution in [0.3, 0.4) is 0 Å². The monoisotopic (exact) mass is 211 g/mol. The maximum atomic E-state index is 13.2. The number of carboxylic acids is 1. The SMILES string of the molecule is O=C(O)c1cnc(OCC2CC2)c(F)c1. The van der Waals surface area contributed by atoms with Gasteiger partial charge in [-0.3, -0.25) is 0 Å². The molecule has 1 N–H and O–H groups in total. The number of aromatic carboxylic acids is 1. The molecule has 0 aromatic carbocycles. The molecule has 0 spiro atoms. The number of carboxylic acid groups (broad SMARTS) is 1. The van der Waals surface area contributed by atoms with Gasteiger partial charge in [0, 0.05) is 6.20 Å². The van der Waals surface area contributed by atoms with Crippen LogP contribution >= 0.6 is 0 Å². The zero-order chi connectivity index (χ0) is 10.8. The quantitative estimate of drug-likeness (QED) is 0.823. The highest BCUT2D eigenvalue weighted by atomic mass is 19.1. The van der Waals surface area contributed by atoms with Crippen LogP contribution in [0.4, 0.5) is 4.39 Å². The smallest absolute Gasteiger partial charge is 0.337 e. The molecule has 1 heterocycles. The van der Waals surface area contributed by atoms with E-state index in [-0.39, 0.29) is 11.4 Å². The molecule has 15 heavy (non-hydrogen) atoms. The molecule has 1 saturated carbocycles. The van der Waals surface area contributed by atoms with Gasteiger partial charge in [0.1, 0.15) is 0 Å². The minimum absolute atomic E-state index is 0.119. The molecule has 1 aliphatic carbocycles. The van der Waals surface area contributed by atoms with Crippen LogP contribution in [0.1, 0.15) is 23.2 Å². The minimum Gasteiger partial charge on any atom is -0.478 e. The second-order valence-electron chi connectivity index (χ2n) is 3.57. The van der Waals surface area contributed by atoms with Gasteiger partial charge in [0.25, 0.3) is 0 Å². The maximum absolute atomic E-state index is 13.2. The lowest BCUT2D eigenvalue weighted by atomic mass is 10.3. The van der Waals surface area contributed by atoms with Crippen molar-refractivity contribution in [1.82, 2.24) is 4.98 Å². The van der Waals surface area contributed by atoms with Crippen LogP contribution in [0, 0.1) is 11.7 Å². The number of rotatable bonds is 4. The average molecular weight is 211 g/mol. The Labute approximate surface area is 85.7 Å². The average Bonchev–Trinajstić information content (AvgIpc) is 2.99. The molecule has 0 atom stereocenters. The van der Waals surface area contributed by atoms with Crippen LogP contribution in [-0.2, 0) is 0 Å².